The van der Waals surface area contributed by atoms with E-state index in [1.54, 1.807) is 24.3 Å². The number of ether oxygens (including phenoxy) is 1. The highest BCUT2D eigenvalue weighted by Gasteiger charge is 2.29. The Morgan fingerprint density at radius 2 is 1.74 bits per heavy atom. The van der Waals surface area contributed by atoms with Crippen molar-refractivity contribution in [1.29, 1.82) is 0 Å². The minimum Gasteiger partial charge on any atom is -0.494 e. The van der Waals surface area contributed by atoms with E-state index in [0.29, 0.717) is 0 Å². The predicted octanol–water partition coefficient (Wildman–Crippen LogP) is 2.12. The van der Waals surface area contributed by atoms with Crippen molar-refractivity contribution in [3.8, 4) is 5.75 Å². The summed E-state index contributed by atoms with van der Waals surface area (Å²) in [5.74, 6) is -0.918. The number of hydrogen-bond acceptors (Lipinski definition) is 4. The average Bonchev–Trinajstić information content (AvgIpc) is 2.68. The summed E-state index contributed by atoms with van der Waals surface area (Å²) in [6.07, 6.45) is 0. The Bertz CT molecular complexity index is 911. The van der Waals surface area contributed by atoms with Gasteiger partial charge in [-0.25, -0.2) is 12.8 Å². The molecule has 144 valence electrons. The largest absolute Gasteiger partial charge is 0.494 e. The molecule has 3 rings (SSSR count). The Hall–Kier alpha value is -2.45. The minimum atomic E-state index is -3.45. The van der Waals surface area contributed by atoms with E-state index in [-0.39, 0.29) is 49.2 Å². The van der Waals surface area contributed by atoms with E-state index < -0.39 is 15.8 Å². The van der Waals surface area contributed by atoms with Gasteiger partial charge in [-0.3, -0.25) is 4.79 Å². The third kappa shape index (κ3) is 4.45. The summed E-state index contributed by atoms with van der Waals surface area (Å²) in [6, 6.07) is 13.0. The highest BCUT2D eigenvalue weighted by Crippen LogP contribution is 2.20. The normalized spacial score (nSPS) is 15.6. The Kier molecular flexibility index (Phi) is 5.76. The zero-order valence-corrected chi connectivity index (χ0v) is 15.8. The predicted molar refractivity (Wildman–Crippen MR) is 99.5 cm³/mol. The van der Waals surface area contributed by atoms with Gasteiger partial charge in [-0.05, 0) is 23.8 Å². The van der Waals surface area contributed by atoms with Crippen LogP contribution in [0.25, 0.3) is 0 Å². The maximum atomic E-state index is 13.8. The third-order valence-corrected chi connectivity index (χ3v) is 6.36. The number of halogens is 1. The summed E-state index contributed by atoms with van der Waals surface area (Å²) in [4.78, 5) is 14.1. The summed E-state index contributed by atoms with van der Waals surface area (Å²) in [5.41, 5.74) is 0.943. The molecule has 0 N–H and O–H groups in total. The van der Waals surface area contributed by atoms with Crippen LogP contribution in [0.3, 0.4) is 0 Å². The van der Waals surface area contributed by atoms with Crippen LogP contribution in [0.1, 0.15) is 15.9 Å². The lowest BCUT2D eigenvalue weighted by atomic mass is 10.1. The summed E-state index contributed by atoms with van der Waals surface area (Å²) >= 11 is 0. The molecule has 0 bridgehead atoms. The standard InChI is InChI=1S/C19H21FN2O4S/c1-26-18-8-7-16(13-17(18)20)19(23)21-9-11-22(12-10-21)27(24,25)14-15-5-3-2-4-6-15/h2-8,13H,9-12,14H2,1H3. The van der Waals surface area contributed by atoms with Crippen molar-refractivity contribution in [3.05, 3.63) is 65.5 Å². The molecule has 0 unspecified atom stereocenters. The van der Waals surface area contributed by atoms with Crippen LogP contribution in [0.4, 0.5) is 4.39 Å². The molecule has 1 saturated heterocycles. The van der Waals surface area contributed by atoms with E-state index in [2.05, 4.69) is 0 Å². The van der Waals surface area contributed by atoms with Crippen LogP contribution in [0, 0.1) is 5.82 Å². The van der Waals surface area contributed by atoms with Crippen molar-refractivity contribution in [2.45, 2.75) is 5.75 Å². The molecule has 2 aromatic carbocycles. The molecule has 0 saturated carbocycles. The molecule has 6 nitrogen and oxygen atoms in total. The fraction of sp³-hybridized carbons (Fsp3) is 0.316. The van der Waals surface area contributed by atoms with Gasteiger partial charge in [0.2, 0.25) is 10.0 Å². The van der Waals surface area contributed by atoms with Gasteiger partial charge in [0, 0.05) is 31.7 Å². The van der Waals surface area contributed by atoms with E-state index in [1.165, 1.54) is 28.4 Å². The lowest BCUT2D eigenvalue weighted by Gasteiger charge is -2.34. The van der Waals surface area contributed by atoms with Gasteiger partial charge >= 0.3 is 0 Å². The van der Waals surface area contributed by atoms with Crippen molar-refractivity contribution in [2.24, 2.45) is 0 Å². The first-order valence-electron chi connectivity index (χ1n) is 8.55. The number of sulfonamides is 1. The van der Waals surface area contributed by atoms with E-state index >= 15 is 0 Å². The fourth-order valence-electron chi connectivity index (χ4n) is 3.03. The summed E-state index contributed by atoms with van der Waals surface area (Å²) in [5, 5.41) is 0. The Labute approximate surface area is 158 Å². The first kappa shape index (κ1) is 19.3. The second kappa shape index (κ2) is 8.06. The lowest BCUT2D eigenvalue weighted by Crippen LogP contribution is -2.50. The number of methoxy groups -OCH3 is 1. The van der Waals surface area contributed by atoms with Crippen LogP contribution in [0.5, 0.6) is 5.75 Å². The van der Waals surface area contributed by atoms with Gasteiger partial charge in [0.15, 0.2) is 11.6 Å². The van der Waals surface area contributed by atoms with Gasteiger partial charge in [0.05, 0.1) is 12.9 Å². The average molecular weight is 392 g/mol. The van der Waals surface area contributed by atoms with Crippen LogP contribution in [0.2, 0.25) is 0 Å². The Balaban J connectivity index is 1.63. The van der Waals surface area contributed by atoms with Crippen molar-refractivity contribution >= 4 is 15.9 Å². The number of carbonyl (C=O) groups excluding carboxylic acids is 1. The van der Waals surface area contributed by atoms with Gasteiger partial charge < -0.3 is 9.64 Å². The molecule has 0 atom stereocenters. The zero-order valence-electron chi connectivity index (χ0n) is 15.0. The topological polar surface area (TPSA) is 66.9 Å². The van der Waals surface area contributed by atoms with E-state index in [1.807, 2.05) is 6.07 Å². The zero-order chi connectivity index (χ0) is 19.4. The summed E-state index contributed by atoms with van der Waals surface area (Å²) in [7, 11) is -2.09. The number of rotatable bonds is 5. The van der Waals surface area contributed by atoms with Crippen molar-refractivity contribution in [2.75, 3.05) is 33.3 Å². The van der Waals surface area contributed by atoms with Crippen molar-refractivity contribution in [1.82, 2.24) is 9.21 Å². The maximum absolute atomic E-state index is 13.8. The van der Waals surface area contributed by atoms with Crippen LogP contribution < -0.4 is 4.74 Å². The molecule has 8 heteroatoms. The number of benzene rings is 2. The van der Waals surface area contributed by atoms with Crippen molar-refractivity contribution < 1.29 is 22.3 Å². The molecule has 1 heterocycles. The fourth-order valence-corrected chi connectivity index (χ4v) is 4.54. The maximum Gasteiger partial charge on any atom is 0.254 e. The SMILES string of the molecule is COc1ccc(C(=O)N2CCN(S(=O)(=O)Cc3ccccc3)CC2)cc1F. The van der Waals surface area contributed by atoms with Crippen LogP contribution in [0.15, 0.2) is 48.5 Å². The monoisotopic (exact) mass is 392 g/mol. The Morgan fingerprint density at radius 1 is 1.07 bits per heavy atom. The molecule has 0 aromatic heterocycles. The molecule has 1 amide bonds. The van der Waals surface area contributed by atoms with E-state index in [9.17, 15) is 17.6 Å². The molecule has 27 heavy (non-hydrogen) atoms. The molecule has 1 aliphatic heterocycles. The number of piperazine rings is 1. The molecule has 1 fully saturated rings. The van der Waals surface area contributed by atoms with Crippen molar-refractivity contribution in [3.63, 3.8) is 0 Å². The molecule has 1 aliphatic rings. The second-order valence-corrected chi connectivity index (χ2v) is 8.25. The van der Waals surface area contributed by atoms with Crippen LogP contribution in [-0.2, 0) is 15.8 Å². The minimum absolute atomic E-state index is 0.0640. The van der Waals surface area contributed by atoms with Crippen LogP contribution >= 0.6 is 0 Å². The molecule has 2 aromatic rings. The molecular weight excluding hydrogens is 371 g/mol. The van der Waals surface area contributed by atoms with Gasteiger partial charge in [-0.2, -0.15) is 4.31 Å². The van der Waals surface area contributed by atoms with Gasteiger partial charge in [0.1, 0.15) is 0 Å². The second-order valence-electron chi connectivity index (χ2n) is 6.28. The van der Waals surface area contributed by atoms with Gasteiger partial charge in [-0.15, -0.1) is 0 Å². The molecule has 0 aliphatic carbocycles. The molecule has 0 spiro atoms. The molecular formula is C19H21FN2O4S. The van der Waals surface area contributed by atoms with Crippen LogP contribution in [-0.4, -0.2) is 56.8 Å². The lowest BCUT2D eigenvalue weighted by molar-refractivity contribution is 0.0697. The Morgan fingerprint density at radius 3 is 2.33 bits per heavy atom. The van der Waals surface area contributed by atoms with E-state index in [4.69, 9.17) is 4.74 Å². The smallest absolute Gasteiger partial charge is 0.254 e. The number of hydrogen-bond donors (Lipinski definition) is 0. The molecule has 0 radical (unpaired) electrons. The first-order chi connectivity index (χ1) is 12.9. The summed E-state index contributed by atoms with van der Waals surface area (Å²) < 4.78 is 45.2. The van der Waals surface area contributed by atoms with E-state index in [0.717, 1.165) is 11.6 Å². The quantitative estimate of drug-likeness (QED) is 0.782. The number of amides is 1. The first-order valence-corrected chi connectivity index (χ1v) is 10.2. The van der Waals surface area contributed by atoms with Gasteiger partial charge in [-0.1, -0.05) is 30.3 Å². The number of carbonyl (C=O) groups is 1. The highest BCUT2D eigenvalue weighted by atomic mass is 32.2. The van der Waals surface area contributed by atoms with Gasteiger partial charge in [0.25, 0.3) is 5.91 Å². The summed E-state index contributed by atoms with van der Waals surface area (Å²) in [6.45, 7) is 0.972. The highest BCUT2D eigenvalue weighted by molar-refractivity contribution is 7.88. The number of nitrogens with zero attached hydrogens (tertiary/aromatic N) is 2. The third-order valence-electron chi connectivity index (χ3n) is 4.51.